The highest BCUT2D eigenvalue weighted by Crippen LogP contribution is 2.44. The average molecular weight is 312 g/mol. The van der Waals surface area contributed by atoms with Gasteiger partial charge in [-0.2, -0.15) is 0 Å². The number of rotatable bonds is 2. The Bertz CT molecular complexity index is 692. The summed E-state index contributed by atoms with van der Waals surface area (Å²) in [6, 6.07) is 8.62. The highest BCUT2D eigenvalue weighted by Gasteiger charge is 2.38. The molecule has 3 heterocycles. The summed E-state index contributed by atoms with van der Waals surface area (Å²) in [5.74, 6) is 0.246. The van der Waals surface area contributed by atoms with E-state index in [0.717, 1.165) is 19.4 Å². The number of nitrogens with zero attached hydrogens (tertiary/aromatic N) is 1. The molecule has 1 aromatic heterocycles. The topological polar surface area (TPSA) is 39.3 Å². The maximum atomic E-state index is 10.1. The molecule has 3 nitrogen and oxygen atoms in total. The van der Waals surface area contributed by atoms with E-state index in [9.17, 15) is 5.11 Å². The molecular formula is C20H28N2O. The Labute approximate surface area is 138 Å². The molecule has 2 aliphatic heterocycles. The molecule has 23 heavy (non-hydrogen) atoms. The summed E-state index contributed by atoms with van der Waals surface area (Å²) >= 11 is 0. The highest BCUT2D eigenvalue weighted by atomic mass is 16.3. The number of aromatic amines is 1. The zero-order valence-corrected chi connectivity index (χ0v) is 14.1. The van der Waals surface area contributed by atoms with Gasteiger partial charge in [0, 0.05) is 35.6 Å². The molecule has 124 valence electrons. The number of aliphatic hydroxyl groups is 1. The van der Waals surface area contributed by atoms with Crippen molar-refractivity contribution < 1.29 is 5.11 Å². The van der Waals surface area contributed by atoms with Crippen LogP contribution in [0.4, 0.5) is 0 Å². The van der Waals surface area contributed by atoms with Crippen molar-refractivity contribution >= 4 is 10.9 Å². The second-order valence-corrected chi connectivity index (χ2v) is 7.63. The number of piperidine rings is 1. The molecule has 1 unspecified atom stereocenters. The Morgan fingerprint density at radius 3 is 3.00 bits per heavy atom. The van der Waals surface area contributed by atoms with Crippen molar-refractivity contribution in [2.45, 2.75) is 44.9 Å². The van der Waals surface area contributed by atoms with Gasteiger partial charge in [-0.3, -0.25) is 0 Å². The number of aromatic nitrogens is 1. The van der Waals surface area contributed by atoms with Gasteiger partial charge >= 0.3 is 0 Å². The Kier molecular flexibility index (Phi) is 3.94. The average Bonchev–Trinajstić information content (AvgIpc) is 2.97. The zero-order chi connectivity index (χ0) is 15.9. The van der Waals surface area contributed by atoms with Crippen molar-refractivity contribution in [2.75, 3.05) is 26.2 Å². The van der Waals surface area contributed by atoms with Crippen molar-refractivity contribution in [3.63, 3.8) is 0 Å². The molecule has 3 atom stereocenters. The predicted molar refractivity (Wildman–Crippen MR) is 94.8 cm³/mol. The van der Waals surface area contributed by atoms with E-state index in [1.807, 2.05) is 0 Å². The minimum Gasteiger partial charge on any atom is -0.396 e. The molecule has 4 rings (SSSR count). The minimum absolute atomic E-state index is 0.246. The van der Waals surface area contributed by atoms with Gasteiger partial charge in [0.25, 0.3) is 0 Å². The smallest absolute Gasteiger partial charge is 0.0514 e. The molecule has 0 radical (unpaired) electrons. The van der Waals surface area contributed by atoms with Crippen LogP contribution in [0.1, 0.15) is 49.8 Å². The second kappa shape index (κ2) is 5.95. The van der Waals surface area contributed by atoms with Crippen molar-refractivity contribution in [2.24, 2.45) is 5.41 Å². The van der Waals surface area contributed by atoms with Gasteiger partial charge in [0.15, 0.2) is 0 Å². The summed E-state index contributed by atoms with van der Waals surface area (Å²) in [7, 11) is 0. The summed E-state index contributed by atoms with van der Waals surface area (Å²) in [6.45, 7) is 6.18. The van der Waals surface area contributed by atoms with Gasteiger partial charge in [-0.15, -0.1) is 0 Å². The van der Waals surface area contributed by atoms with E-state index >= 15 is 0 Å². The molecule has 0 saturated carbocycles. The van der Waals surface area contributed by atoms with Gasteiger partial charge in [-0.25, -0.2) is 0 Å². The fourth-order valence-electron chi connectivity index (χ4n) is 4.99. The number of aliphatic hydroxyl groups excluding tert-OH is 1. The summed E-state index contributed by atoms with van der Waals surface area (Å²) in [5.41, 5.74) is 4.35. The molecule has 1 saturated heterocycles. The molecule has 2 N–H and O–H groups in total. The van der Waals surface area contributed by atoms with Crippen LogP contribution in [0, 0.1) is 5.41 Å². The number of H-pyrrole nitrogens is 1. The lowest BCUT2D eigenvalue weighted by Crippen LogP contribution is -2.44. The molecule has 0 spiro atoms. The first-order valence-electron chi connectivity index (χ1n) is 9.17. The first-order chi connectivity index (χ1) is 11.2. The van der Waals surface area contributed by atoms with Crippen LogP contribution in [0.15, 0.2) is 24.3 Å². The van der Waals surface area contributed by atoms with Crippen LogP contribution in [0.25, 0.3) is 10.9 Å². The van der Waals surface area contributed by atoms with E-state index in [1.54, 1.807) is 0 Å². The van der Waals surface area contributed by atoms with E-state index < -0.39 is 0 Å². The molecule has 1 fully saturated rings. The molecule has 2 bridgehead atoms. The SMILES string of the molecule is CC[C@@]12CCCN(CCc3c([nH]c4ccccc34)[C@H](CO)C1)C2. The lowest BCUT2D eigenvalue weighted by Gasteiger charge is -2.43. The Morgan fingerprint density at radius 1 is 1.30 bits per heavy atom. The molecule has 0 aliphatic carbocycles. The molecule has 2 aromatic rings. The fraction of sp³-hybridized carbons (Fsp3) is 0.600. The monoisotopic (exact) mass is 312 g/mol. The van der Waals surface area contributed by atoms with E-state index in [1.165, 1.54) is 54.5 Å². The lowest BCUT2D eigenvalue weighted by atomic mass is 9.71. The number of para-hydroxylation sites is 1. The lowest BCUT2D eigenvalue weighted by molar-refractivity contribution is 0.0651. The maximum Gasteiger partial charge on any atom is 0.0514 e. The van der Waals surface area contributed by atoms with Crippen molar-refractivity contribution in [3.8, 4) is 0 Å². The number of fused-ring (bicyclic) bond motifs is 5. The van der Waals surface area contributed by atoms with E-state index in [2.05, 4.69) is 41.1 Å². The van der Waals surface area contributed by atoms with Gasteiger partial charge in [-0.1, -0.05) is 25.1 Å². The summed E-state index contributed by atoms with van der Waals surface area (Å²) in [5, 5.41) is 11.5. The Morgan fingerprint density at radius 2 is 2.17 bits per heavy atom. The highest BCUT2D eigenvalue weighted by molar-refractivity contribution is 5.85. The van der Waals surface area contributed by atoms with E-state index in [0.29, 0.717) is 5.41 Å². The van der Waals surface area contributed by atoms with Crippen LogP contribution < -0.4 is 0 Å². The number of nitrogens with one attached hydrogen (secondary N) is 1. The van der Waals surface area contributed by atoms with Gasteiger partial charge in [0.2, 0.25) is 0 Å². The molecule has 2 aliphatic rings. The maximum absolute atomic E-state index is 10.1. The Balaban J connectivity index is 1.82. The largest absolute Gasteiger partial charge is 0.396 e. The minimum atomic E-state index is 0.246. The Hall–Kier alpha value is -1.32. The summed E-state index contributed by atoms with van der Waals surface area (Å²) in [6.07, 6.45) is 6.04. The third kappa shape index (κ3) is 2.60. The van der Waals surface area contributed by atoms with Crippen LogP contribution in [-0.2, 0) is 6.42 Å². The molecule has 3 heteroatoms. The normalized spacial score (nSPS) is 31.2. The van der Waals surface area contributed by atoms with Gasteiger partial charge in [-0.05, 0) is 55.7 Å². The van der Waals surface area contributed by atoms with Crippen LogP contribution in [0.5, 0.6) is 0 Å². The quantitative estimate of drug-likeness (QED) is 0.888. The second-order valence-electron chi connectivity index (χ2n) is 7.63. The van der Waals surface area contributed by atoms with Gasteiger partial charge < -0.3 is 15.0 Å². The first-order valence-corrected chi connectivity index (χ1v) is 9.17. The summed E-state index contributed by atoms with van der Waals surface area (Å²) in [4.78, 5) is 6.32. The number of hydrogen-bond acceptors (Lipinski definition) is 2. The number of hydrogen-bond donors (Lipinski definition) is 2. The third-order valence-corrected chi connectivity index (χ3v) is 6.32. The van der Waals surface area contributed by atoms with E-state index in [-0.39, 0.29) is 12.5 Å². The standard InChI is InChI=1S/C20H28N2O/c1-2-20-9-5-10-22(14-20)11-8-17-16-6-3-4-7-18(16)21-19(17)15(12-20)13-23/h3-4,6-7,15,21,23H,2,5,8-14H2,1H3/t15-,20+/m0/s1. The predicted octanol–water partition coefficient (Wildman–Crippen LogP) is 3.68. The van der Waals surface area contributed by atoms with Crippen LogP contribution in [0.3, 0.4) is 0 Å². The van der Waals surface area contributed by atoms with Crippen LogP contribution in [-0.4, -0.2) is 41.2 Å². The number of benzene rings is 1. The first kappa shape index (κ1) is 15.2. The van der Waals surface area contributed by atoms with Crippen molar-refractivity contribution in [1.29, 1.82) is 0 Å². The van der Waals surface area contributed by atoms with Crippen molar-refractivity contribution in [1.82, 2.24) is 9.88 Å². The van der Waals surface area contributed by atoms with Crippen LogP contribution in [0.2, 0.25) is 0 Å². The molecule has 0 amide bonds. The van der Waals surface area contributed by atoms with E-state index in [4.69, 9.17) is 0 Å². The zero-order valence-electron chi connectivity index (χ0n) is 14.1. The third-order valence-electron chi connectivity index (χ3n) is 6.32. The summed E-state index contributed by atoms with van der Waals surface area (Å²) < 4.78 is 0. The molecule has 1 aromatic carbocycles. The molecular weight excluding hydrogens is 284 g/mol. The van der Waals surface area contributed by atoms with Gasteiger partial charge in [0.1, 0.15) is 0 Å². The van der Waals surface area contributed by atoms with Gasteiger partial charge in [0.05, 0.1) is 6.61 Å². The van der Waals surface area contributed by atoms with Crippen molar-refractivity contribution in [3.05, 3.63) is 35.5 Å². The fourth-order valence-corrected chi connectivity index (χ4v) is 4.99. The van der Waals surface area contributed by atoms with Crippen LogP contribution >= 0.6 is 0 Å².